The van der Waals surface area contributed by atoms with Gasteiger partial charge in [-0.15, -0.1) is 0 Å². The molecule has 0 saturated heterocycles. The van der Waals surface area contributed by atoms with Gasteiger partial charge in [0.05, 0.1) is 5.92 Å². The van der Waals surface area contributed by atoms with Crippen LogP contribution in [0.2, 0.25) is 0 Å². The third-order valence-electron chi connectivity index (χ3n) is 3.25. The number of carbonyl (C=O) groups excluding carboxylic acids is 1. The first-order valence-corrected chi connectivity index (χ1v) is 6.61. The lowest BCUT2D eigenvalue weighted by Gasteiger charge is -2.17. The molecule has 0 aliphatic carbocycles. The summed E-state index contributed by atoms with van der Waals surface area (Å²) < 4.78 is 0. The molecule has 1 unspecified atom stereocenters. The monoisotopic (exact) mass is 278 g/mol. The molecule has 110 valence electrons. The Labute approximate surface area is 119 Å². The Morgan fingerprint density at radius 2 is 1.75 bits per heavy atom. The summed E-state index contributed by atoms with van der Waals surface area (Å²) in [5.41, 5.74) is 1.54. The van der Waals surface area contributed by atoms with Crippen LogP contribution in [0.15, 0.2) is 24.3 Å². The maximum atomic E-state index is 12.0. The fourth-order valence-corrected chi connectivity index (χ4v) is 1.82. The molecule has 1 aromatic carbocycles. The van der Waals surface area contributed by atoms with Crippen molar-refractivity contribution in [3.8, 4) is 0 Å². The Morgan fingerprint density at radius 1 is 1.20 bits per heavy atom. The second-order valence-corrected chi connectivity index (χ2v) is 5.34. The third kappa shape index (κ3) is 4.26. The highest BCUT2D eigenvalue weighted by molar-refractivity contribution is 5.94. The lowest BCUT2D eigenvalue weighted by Crippen LogP contribution is -2.35. The quantitative estimate of drug-likeness (QED) is 0.833. The molecule has 1 aromatic rings. The maximum absolute atomic E-state index is 12.0. The van der Waals surface area contributed by atoms with Crippen molar-refractivity contribution in [2.75, 3.05) is 25.5 Å². The third-order valence-corrected chi connectivity index (χ3v) is 3.25. The predicted octanol–water partition coefficient (Wildman–Crippen LogP) is 1.84. The number of benzene rings is 1. The standard InChI is InChI=1S/C15H22N2O3/c1-10(2)13(15(19)20)9-16-14(18)11-5-7-12(8-6-11)17(3)4/h5-8,10,13H,9H2,1-4H3,(H,16,18)(H,19,20). The van der Waals surface area contributed by atoms with E-state index in [1.807, 2.05) is 45.0 Å². The smallest absolute Gasteiger partial charge is 0.308 e. The molecule has 0 fully saturated rings. The predicted molar refractivity (Wildman–Crippen MR) is 79.1 cm³/mol. The van der Waals surface area contributed by atoms with Gasteiger partial charge >= 0.3 is 5.97 Å². The normalized spacial score (nSPS) is 12.1. The zero-order valence-electron chi connectivity index (χ0n) is 12.4. The molecule has 0 radical (unpaired) electrons. The number of amides is 1. The van der Waals surface area contributed by atoms with Gasteiger partial charge in [0.25, 0.3) is 5.91 Å². The number of nitrogens with zero attached hydrogens (tertiary/aromatic N) is 1. The molecule has 5 nitrogen and oxygen atoms in total. The van der Waals surface area contributed by atoms with E-state index in [2.05, 4.69) is 5.32 Å². The molecule has 0 aliphatic rings. The van der Waals surface area contributed by atoms with E-state index in [0.29, 0.717) is 5.56 Å². The van der Waals surface area contributed by atoms with Gasteiger partial charge in [-0.2, -0.15) is 0 Å². The summed E-state index contributed by atoms with van der Waals surface area (Å²) in [5.74, 6) is -1.73. The summed E-state index contributed by atoms with van der Waals surface area (Å²) in [6.07, 6.45) is 0. The maximum Gasteiger partial charge on any atom is 0.308 e. The van der Waals surface area contributed by atoms with Crippen molar-refractivity contribution in [2.24, 2.45) is 11.8 Å². The first kappa shape index (κ1) is 16.0. The lowest BCUT2D eigenvalue weighted by atomic mass is 9.96. The molecule has 1 atom stereocenters. The van der Waals surface area contributed by atoms with Crippen molar-refractivity contribution >= 4 is 17.6 Å². The average Bonchev–Trinajstić information content (AvgIpc) is 2.38. The van der Waals surface area contributed by atoms with E-state index >= 15 is 0 Å². The molecule has 0 spiro atoms. The van der Waals surface area contributed by atoms with Crippen molar-refractivity contribution in [3.63, 3.8) is 0 Å². The number of nitrogens with one attached hydrogen (secondary N) is 1. The molecule has 2 N–H and O–H groups in total. The van der Waals surface area contributed by atoms with Crippen LogP contribution >= 0.6 is 0 Å². The van der Waals surface area contributed by atoms with Crippen LogP contribution in [-0.2, 0) is 4.79 Å². The summed E-state index contributed by atoms with van der Waals surface area (Å²) in [7, 11) is 3.85. The summed E-state index contributed by atoms with van der Waals surface area (Å²) in [4.78, 5) is 25.0. The minimum absolute atomic E-state index is 0.0242. The first-order valence-electron chi connectivity index (χ1n) is 6.61. The molecule has 0 bridgehead atoms. The number of hydrogen-bond acceptors (Lipinski definition) is 3. The van der Waals surface area contributed by atoms with Gasteiger partial charge in [0.1, 0.15) is 0 Å². The van der Waals surface area contributed by atoms with Crippen molar-refractivity contribution in [3.05, 3.63) is 29.8 Å². The fourth-order valence-electron chi connectivity index (χ4n) is 1.82. The number of carboxylic acids is 1. The van der Waals surface area contributed by atoms with Crippen LogP contribution in [-0.4, -0.2) is 37.6 Å². The topological polar surface area (TPSA) is 69.6 Å². The Bertz CT molecular complexity index is 467. The van der Waals surface area contributed by atoms with Gasteiger partial charge in [-0.05, 0) is 30.2 Å². The molecular weight excluding hydrogens is 256 g/mol. The SMILES string of the molecule is CC(C)C(CNC(=O)c1ccc(N(C)C)cc1)C(=O)O. The molecule has 1 amide bonds. The molecule has 5 heteroatoms. The molecular formula is C15H22N2O3. The summed E-state index contributed by atoms with van der Waals surface area (Å²) in [5, 5.41) is 11.7. The van der Waals surface area contributed by atoms with Crippen molar-refractivity contribution < 1.29 is 14.7 Å². The van der Waals surface area contributed by atoms with Gasteiger partial charge < -0.3 is 15.3 Å². The van der Waals surface area contributed by atoms with Gasteiger partial charge in [0.15, 0.2) is 0 Å². The van der Waals surface area contributed by atoms with E-state index in [0.717, 1.165) is 5.69 Å². The zero-order valence-corrected chi connectivity index (χ0v) is 12.4. The van der Waals surface area contributed by atoms with E-state index in [-0.39, 0.29) is 18.4 Å². The van der Waals surface area contributed by atoms with Crippen LogP contribution in [0.5, 0.6) is 0 Å². The number of hydrogen-bond donors (Lipinski definition) is 2. The van der Waals surface area contributed by atoms with Gasteiger partial charge in [-0.25, -0.2) is 0 Å². The summed E-state index contributed by atoms with van der Waals surface area (Å²) in [6.45, 7) is 3.80. The number of rotatable bonds is 6. The highest BCUT2D eigenvalue weighted by Gasteiger charge is 2.22. The molecule has 0 aliphatic heterocycles. The Morgan fingerprint density at radius 3 is 2.15 bits per heavy atom. The summed E-state index contributed by atoms with van der Waals surface area (Å²) >= 11 is 0. The first-order chi connectivity index (χ1) is 9.32. The highest BCUT2D eigenvalue weighted by Crippen LogP contribution is 2.13. The van der Waals surface area contributed by atoms with Crippen LogP contribution in [0.1, 0.15) is 24.2 Å². The van der Waals surface area contributed by atoms with Gasteiger partial charge in [0, 0.05) is 31.9 Å². The van der Waals surface area contributed by atoms with Crippen LogP contribution < -0.4 is 10.2 Å². The van der Waals surface area contributed by atoms with Crippen LogP contribution in [0.4, 0.5) is 5.69 Å². The molecule has 20 heavy (non-hydrogen) atoms. The second kappa shape index (κ2) is 6.93. The Kier molecular flexibility index (Phi) is 5.55. The fraction of sp³-hybridized carbons (Fsp3) is 0.467. The van der Waals surface area contributed by atoms with E-state index in [9.17, 15) is 9.59 Å². The molecule has 0 saturated carbocycles. The van der Waals surface area contributed by atoms with Crippen LogP contribution in [0.25, 0.3) is 0 Å². The van der Waals surface area contributed by atoms with Crippen LogP contribution in [0.3, 0.4) is 0 Å². The number of anilines is 1. The van der Waals surface area contributed by atoms with E-state index < -0.39 is 11.9 Å². The minimum Gasteiger partial charge on any atom is -0.481 e. The van der Waals surface area contributed by atoms with Gasteiger partial charge in [0.2, 0.25) is 0 Å². The number of carbonyl (C=O) groups is 2. The number of aliphatic carboxylic acids is 1. The van der Waals surface area contributed by atoms with Crippen molar-refractivity contribution in [2.45, 2.75) is 13.8 Å². The lowest BCUT2D eigenvalue weighted by molar-refractivity contribution is -0.142. The van der Waals surface area contributed by atoms with Gasteiger partial charge in [-0.1, -0.05) is 13.8 Å². The van der Waals surface area contributed by atoms with E-state index in [1.165, 1.54) is 0 Å². The Balaban J connectivity index is 2.64. The summed E-state index contributed by atoms with van der Waals surface area (Å²) in [6, 6.07) is 7.17. The minimum atomic E-state index is -0.886. The van der Waals surface area contributed by atoms with Gasteiger partial charge in [-0.3, -0.25) is 9.59 Å². The molecule has 0 heterocycles. The average molecular weight is 278 g/mol. The largest absolute Gasteiger partial charge is 0.481 e. The molecule has 0 aromatic heterocycles. The second-order valence-electron chi connectivity index (χ2n) is 5.34. The van der Waals surface area contributed by atoms with E-state index in [1.54, 1.807) is 12.1 Å². The Hall–Kier alpha value is -2.04. The van der Waals surface area contributed by atoms with Crippen molar-refractivity contribution in [1.29, 1.82) is 0 Å². The van der Waals surface area contributed by atoms with Crippen LogP contribution in [0, 0.1) is 11.8 Å². The van der Waals surface area contributed by atoms with Crippen molar-refractivity contribution in [1.82, 2.24) is 5.32 Å². The van der Waals surface area contributed by atoms with E-state index in [4.69, 9.17) is 5.11 Å². The number of carboxylic acid groups (broad SMARTS) is 1. The molecule has 1 rings (SSSR count). The highest BCUT2D eigenvalue weighted by atomic mass is 16.4. The zero-order chi connectivity index (χ0) is 15.3.